The number of amides is 1. The van der Waals surface area contributed by atoms with E-state index in [0.717, 1.165) is 38.8 Å². The normalized spacial score (nSPS) is 31.3. The molecule has 0 unspecified atom stereocenters. The highest BCUT2D eigenvalue weighted by Crippen LogP contribution is 2.47. The van der Waals surface area contributed by atoms with Crippen LogP contribution in [0.25, 0.3) is 0 Å². The van der Waals surface area contributed by atoms with Crippen molar-refractivity contribution in [1.82, 2.24) is 9.80 Å². The zero-order valence-corrected chi connectivity index (χ0v) is 18.6. The topological polar surface area (TPSA) is 62.2 Å². The van der Waals surface area contributed by atoms with E-state index in [1.807, 2.05) is 11.8 Å². The Labute approximate surface area is 181 Å². The van der Waals surface area contributed by atoms with Gasteiger partial charge in [-0.25, -0.2) is 0 Å². The number of nitrogens with zero attached hydrogens (tertiary/aromatic N) is 2. The van der Waals surface area contributed by atoms with Crippen molar-refractivity contribution in [2.75, 3.05) is 39.4 Å². The van der Waals surface area contributed by atoms with Gasteiger partial charge in [-0.05, 0) is 89.3 Å². The van der Waals surface area contributed by atoms with Crippen LogP contribution in [0.2, 0.25) is 0 Å². The summed E-state index contributed by atoms with van der Waals surface area (Å²) in [5.74, 6) is 1.73. The second-order valence-electron chi connectivity index (χ2n) is 9.54. The largest absolute Gasteiger partial charge is 0.459 e. The zero-order valence-electron chi connectivity index (χ0n) is 18.6. The van der Waals surface area contributed by atoms with Crippen LogP contribution in [-0.2, 0) is 14.3 Å². The number of likely N-dealkylation sites (tertiary alicyclic amines) is 2. The lowest BCUT2D eigenvalue weighted by Crippen LogP contribution is -2.49. The summed E-state index contributed by atoms with van der Waals surface area (Å²) >= 11 is 0. The maximum atomic E-state index is 13.3. The third kappa shape index (κ3) is 5.20. The predicted octanol–water partition coefficient (Wildman–Crippen LogP) is 3.15. The predicted molar refractivity (Wildman–Crippen MR) is 116 cm³/mol. The fraction of sp³-hybridized carbons (Fsp3) is 0.875. The Morgan fingerprint density at radius 2 is 1.87 bits per heavy atom. The molecule has 6 heteroatoms. The summed E-state index contributed by atoms with van der Waals surface area (Å²) in [6.07, 6.45) is 11.9. The van der Waals surface area contributed by atoms with Gasteiger partial charge in [-0.1, -0.05) is 6.42 Å². The number of piperidine rings is 2. The average molecular weight is 421 g/mol. The van der Waals surface area contributed by atoms with Crippen molar-refractivity contribution >= 4 is 5.91 Å². The highest BCUT2D eigenvalue weighted by molar-refractivity contribution is 5.91. The lowest BCUT2D eigenvalue weighted by Gasteiger charge is -2.41. The van der Waals surface area contributed by atoms with Crippen LogP contribution in [0.3, 0.4) is 0 Å². The van der Waals surface area contributed by atoms with Crippen LogP contribution >= 0.6 is 0 Å². The van der Waals surface area contributed by atoms with Crippen LogP contribution in [0.15, 0.2) is 11.8 Å². The van der Waals surface area contributed by atoms with E-state index in [-0.39, 0.29) is 24.7 Å². The molecular formula is C24H40N2O4. The summed E-state index contributed by atoms with van der Waals surface area (Å²) in [4.78, 5) is 18.0. The second kappa shape index (κ2) is 10.5. The van der Waals surface area contributed by atoms with Crippen molar-refractivity contribution in [3.05, 3.63) is 11.8 Å². The minimum absolute atomic E-state index is 0.0445. The van der Waals surface area contributed by atoms with Gasteiger partial charge in [0.15, 0.2) is 5.76 Å². The number of ether oxygens (including phenoxy) is 2. The average Bonchev–Trinajstić information content (AvgIpc) is 3.64. The molecule has 3 fully saturated rings. The molecular weight excluding hydrogens is 380 g/mol. The van der Waals surface area contributed by atoms with E-state index in [4.69, 9.17) is 9.47 Å². The smallest absolute Gasteiger partial charge is 0.288 e. The van der Waals surface area contributed by atoms with Crippen molar-refractivity contribution < 1.29 is 19.4 Å². The molecule has 1 amide bonds. The van der Waals surface area contributed by atoms with Crippen LogP contribution in [0.1, 0.15) is 64.7 Å². The number of carbonyl (C=O) groups excluding carboxylic acids is 1. The van der Waals surface area contributed by atoms with Gasteiger partial charge in [0.05, 0.1) is 0 Å². The minimum atomic E-state index is -0.373. The van der Waals surface area contributed by atoms with Crippen LogP contribution in [0, 0.1) is 17.8 Å². The molecule has 30 heavy (non-hydrogen) atoms. The molecule has 1 aliphatic carbocycles. The lowest BCUT2D eigenvalue weighted by atomic mass is 9.82. The highest BCUT2D eigenvalue weighted by atomic mass is 16.7. The monoisotopic (exact) mass is 420 g/mol. The van der Waals surface area contributed by atoms with E-state index in [1.165, 1.54) is 45.2 Å². The fourth-order valence-corrected chi connectivity index (χ4v) is 5.67. The van der Waals surface area contributed by atoms with Crippen LogP contribution in [0.5, 0.6) is 0 Å². The molecule has 3 atom stereocenters. The molecule has 0 aromatic carbocycles. The van der Waals surface area contributed by atoms with Gasteiger partial charge in [0, 0.05) is 38.3 Å². The van der Waals surface area contributed by atoms with Gasteiger partial charge < -0.3 is 24.4 Å². The van der Waals surface area contributed by atoms with E-state index in [9.17, 15) is 9.90 Å². The van der Waals surface area contributed by atoms with Gasteiger partial charge in [-0.15, -0.1) is 0 Å². The molecule has 0 spiro atoms. The van der Waals surface area contributed by atoms with E-state index >= 15 is 0 Å². The number of hydrogen-bond donors (Lipinski definition) is 1. The van der Waals surface area contributed by atoms with Crippen LogP contribution in [0.4, 0.5) is 0 Å². The lowest BCUT2D eigenvalue weighted by molar-refractivity contribution is -0.177. The van der Waals surface area contributed by atoms with E-state index in [1.54, 1.807) is 0 Å². The van der Waals surface area contributed by atoms with E-state index < -0.39 is 0 Å². The molecule has 170 valence electrons. The van der Waals surface area contributed by atoms with Crippen molar-refractivity contribution in [2.45, 2.75) is 77.0 Å². The number of rotatable bonds is 8. The fourth-order valence-electron chi connectivity index (χ4n) is 5.67. The number of hydrogen-bond acceptors (Lipinski definition) is 5. The Bertz CT molecular complexity index is 592. The Kier molecular flexibility index (Phi) is 7.71. The second-order valence-corrected chi connectivity index (χ2v) is 9.54. The number of aliphatic hydroxyl groups excluding tert-OH is 1. The van der Waals surface area contributed by atoms with E-state index in [2.05, 4.69) is 11.0 Å². The standard InChI is InChI=1S/C24H40N2O4/c1-2-29-24-20(7-6-16-27)21(18-8-9-18)17-22(30-24)23(28)26-14-10-19(11-15-26)25-12-4-3-5-13-25/h17-21,24,27H,2-16H2,1H3/t20-,21+,24+/m1/s1. The summed E-state index contributed by atoms with van der Waals surface area (Å²) < 4.78 is 12.1. The van der Waals surface area contributed by atoms with Crippen LogP contribution < -0.4 is 0 Å². The van der Waals surface area contributed by atoms with Gasteiger partial charge in [0.2, 0.25) is 6.29 Å². The number of aliphatic hydroxyl groups is 1. The van der Waals surface area contributed by atoms with Gasteiger partial charge in [0.25, 0.3) is 5.91 Å². The molecule has 1 N–H and O–H groups in total. The summed E-state index contributed by atoms with van der Waals surface area (Å²) in [6.45, 7) is 6.82. The molecule has 0 aromatic heterocycles. The van der Waals surface area contributed by atoms with Gasteiger partial charge in [-0.2, -0.15) is 0 Å². The van der Waals surface area contributed by atoms with E-state index in [0.29, 0.717) is 30.2 Å². The van der Waals surface area contributed by atoms with Crippen molar-refractivity contribution in [3.63, 3.8) is 0 Å². The van der Waals surface area contributed by atoms with Gasteiger partial charge in [-0.3, -0.25) is 4.79 Å². The first-order valence-electron chi connectivity index (χ1n) is 12.4. The zero-order chi connectivity index (χ0) is 20.9. The maximum Gasteiger partial charge on any atom is 0.288 e. The molecule has 3 heterocycles. The third-order valence-electron chi connectivity index (χ3n) is 7.49. The quantitative estimate of drug-likeness (QED) is 0.654. The molecule has 0 bridgehead atoms. The molecule has 0 radical (unpaired) electrons. The Morgan fingerprint density at radius 3 is 2.50 bits per heavy atom. The van der Waals surface area contributed by atoms with Crippen LogP contribution in [-0.4, -0.2) is 72.5 Å². The van der Waals surface area contributed by atoms with Crippen molar-refractivity contribution in [3.8, 4) is 0 Å². The molecule has 2 saturated heterocycles. The first kappa shape index (κ1) is 22.1. The van der Waals surface area contributed by atoms with Crippen molar-refractivity contribution in [1.29, 1.82) is 0 Å². The summed E-state index contributed by atoms with van der Waals surface area (Å²) in [6, 6.07) is 0.633. The molecule has 0 aromatic rings. The Balaban J connectivity index is 1.40. The maximum absolute atomic E-state index is 13.3. The van der Waals surface area contributed by atoms with Gasteiger partial charge >= 0.3 is 0 Å². The highest BCUT2D eigenvalue weighted by Gasteiger charge is 2.44. The summed E-state index contributed by atoms with van der Waals surface area (Å²) in [5, 5.41) is 9.32. The first-order valence-corrected chi connectivity index (χ1v) is 12.4. The minimum Gasteiger partial charge on any atom is -0.459 e. The SMILES string of the molecule is CCO[C@H]1OC(C(=O)N2CCC(N3CCCCC3)CC2)=C[C@@H](C2CC2)[C@H]1CCCO. The van der Waals surface area contributed by atoms with Crippen molar-refractivity contribution in [2.24, 2.45) is 17.8 Å². The molecule has 3 aliphatic heterocycles. The molecule has 4 rings (SSSR count). The first-order chi connectivity index (χ1) is 14.7. The Morgan fingerprint density at radius 1 is 1.13 bits per heavy atom. The number of carbonyl (C=O) groups is 1. The summed E-state index contributed by atoms with van der Waals surface area (Å²) in [5.41, 5.74) is 0. The Hall–Kier alpha value is -1.11. The van der Waals surface area contributed by atoms with Gasteiger partial charge in [0.1, 0.15) is 0 Å². The third-order valence-corrected chi connectivity index (χ3v) is 7.49. The molecule has 6 nitrogen and oxygen atoms in total. The molecule has 4 aliphatic rings. The number of allylic oxidation sites excluding steroid dienone is 1. The molecule has 1 saturated carbocycles. The summed E-state index contributed by atoms with van der Waals surface area (Å²) in [7, 11) is 0.